The quantitative estimate of drug-likeness (QED) is 0.777. The molecule has 14 heavy (non-hydrogen) atoms. The van der Waals surface area contributed by atoms with Gasteiger partial charge in [-0.3, -0.25) is 4.79 Å². The van der Waals surface area contributed by atoms with Crippen molar-refractivity contribution >= 4 is 5.97 Å². The van der Waals surface area contributed by atoms with Crippen LogP contribution < -0.4 is 0 Å². The zero-order chi connectivity index (χ0) is 10.1. The maximum absolute atomic E-state index is 10.9. The van der Waals surface area contributed by atoms with Gasteiger partial charge < -0.3 is 5.11 Å². The van der Waals surface area contributed by atoms with Crippen LogP contribution in [0.15, 0.2) is 18.2 Å². The fourth-order valence-electron chi connectivity index (χ4n) is 2.19. The molecule has 0 radical (unpaired) electrons. The summed E-state index contributed by atoms with van der Waals surface area (Å²) in [6.07, 6.45) is 3.32. The van der Waals surface area contributed by atoms with Crippen molar-refractivity contribution in [2.24, 2.45) is 0 Å². The molecule has 0 fully saturated rings. The van der Waals surface area contributed by atoms with Crippen molar-refractivity contribution in [2.45, 2.75) is 32.1 Å². The van der Waals surface area contributed by atoms with Gasteiger partial charge in [-0.25, -0.2) is 0 Å². The zero-order valence-electron chi connectivity index (χ0n) is 8.29. The van der Waals surface area contributed by atoms with Gasteiger partial charge in [-0.1, -0.05) is 18.2 Å². The van der Waals surface area contributed by atoms with E-state index in [1.54, 1.807) is 6.92 Å². The molecule has 0 amide bonds. The first-order valence-corrected chi connectivity index (χ1v) is 5.03. The molecular weight excluding hydrogens is 176 g/mol. The van der Waals surface area contributed by atoms with E-state index in [-0.39, 0.29) is 5.92 Å². The van der Waals surface area contributed by atoms with E-state index < -0.39 is 5.97 Å². The lowest BCUT2D eigenvalue weighted by atomic mass is 9.93. The molecule has 1 aliphatic carbocycles. The van der Waals surface area contributed by atoms with Crippen LogP contribution in [0.3, 0.4) is 0 Å². The monoisotopic (exact) mass is 190 g/mol. The van der Waals surface area contributed by atoms with Crippen molar-refractivity contribution in [2.75, 3.05) is 0 Å². The Bertz CT molecular complexity index is 369. The first kappa shape index (κ1) is 9.25. The van der Waals surface area contributed by atoms with E-state index in [0.29, 0.717) is 0 Å². The minimum absolute atomic E-state index is 0.372. The molecule has 1 aromatic carbocycles. The van der Waals surface area contributed by atoms with Crippen LogP contribution in [0.25, 0.3) is 0 Å². The van der Waals surface area contributed by atoms with Crippen LogP contribution >= 0.6 is 0 Å². The van der Waals surface area contributed by atoms with Crippen LogP contribution in [-0.4, -0.2) is 11.1 Å². The molecule has 2 rings (SSSR count). The van der Waals surface area contributed by atoms with Gasteiger partial charge in [-0.05, 0) is 42.9 Å². The highest BCUT2D eigenvalue weighted by Gasteiger charge is 2.21. The second-order valence-corrected chi connectivity index (χ2v) is 3.90. The Balaban J connectivity index is 2.44. The summed E-state index contributed by atoms with van der Waals surface area (Å²) in [7, 11) is 0. The highest BCUT2D eigenvalue weighted by molar-refractivity contribution is 5.76. The van der Waals surface area contributed by atoms with Gasteiger partial charge in [-0.15, -0.1) is 0 Å². The topological polar surface area (TPSA) is 37.3 Å². The third-order valence-electron chi connectivity index (χ3n) is 3.02. The molecule has 0 aromatic heterocycles. The predicted molar refractivity (Wildman–Crippen MR) is 54.5 cm³/mol. The van der Waals surface area contributed by atoms with E-state index in [1.165, 1.54) is 17.5 Å². The number of fused-ring (bicyclic) bond motifs is 1. The van der Waals surface area contributed by atoms with Gasteiger partial charge in [-0.2, -0.15) is 0 Å². The Morgan fingerprint density at radius 2 is 2.21 bits per heavy atom. The van der Waals surface area contributed by atoms with E-state index in [2.05, 4.69) is 6.07 Å². The summed E-state index contributed by atoms with van der Waals surface area (Å²) in [5.74, 6) is -1.10. The highest BCUT2D eigenvalue weighted by Crippen LogP contribution is 2.29. The number of aliphatic carboxylic acids is 1. The molecule has 0 bridgehead atoms. The van der Waals surface area contributed by atoms with Crippen molar-refractivity contribution in [3.63, 3.8) is 0 Å². The second-order valence-electron chi connectivity index (χ2n) is 3.90. The maximum atomic E-state index is 10.9. The largest absolute Gasteiger partial charge is 0.481 e. The first-order chi connectivity index (χ1) is 6.70. The molecule has 0 spiro atoms. The van der Waals surface area contributed by atoms with Crippen LogP contribution in [0.2, 0.25) is 0 Å². The average molecular weight is 190 g/mol. The van der Waals surface area contributed by atoms with Crippen LogP contribution in [0.1, 0.15) is 36.0 Å². The molecule has 1 atom stereocenters. The van der Waals surface area contributed by atoms with E-state index in [0.717, 1.165) is 18.4 Å². The lowest BCUT2D eigenvalue weighted by Gasteiger charge is -2.11. The smallest absolute Gasteiger partial charge is 0.310 e. The van der Waals surface area contributed by atoms with E-state index >= 15 is 0 Å². The van der Waals surface area contributed by atoms with Gasteiger partial charge in [0.15, 0.2) is 0 Å². The predicted octanol–water partition coefficient (Wildman–Crippen LogP) is 2.36. The highest BCUT2D eigenvalue weighted by atomic mass is 16.4. The molecule has 0 heterocycles. The Morgan fingerprint density at radius 3 is 2.93 bits per heavy atom. The summed E-state index contributed by atoms with van der Waals surface area (Å²) in [6.45, 7) is 1.76. The number of carboxylic acids is 1. The van der Waals surface area contributed by atoms with Crippen LogP contribution in [0.4, 0.5) is 0 Å². The summed E-state index contributed by atoms with van der Waals surface area (Å²) in [4.78, 5) is 10.9. The molecular formula is C12H14O2. The number of hydrogen-bond donors (Lipinski definition) is 1. The molecule has 1 N–H and O–H groups in total. The summed E-state index contributed by atoms with van der Waals surface area (Å²) in [5.41, 5.74) is 3.63. The van der Waals surface area contributed by atoms with E-state index in [1.807, 2.05) is 12.1 Å². The third-order valence-corrected chi connectivity index (χ3v) is 3.02. The number of rotatable bonds is 2. The standard InChI is InChI=1S/C12H14O2/c1-8(12(13)14)10-6-2-4-9-5-3-7-11(9)10/h2,4,6,8H,3,5,7H2,1H3,(H,13,14). The molecule has 0 saturated carbocycles. The summed E-state index contributed by atoms with van der Waals surface area (Å²) < 4.78 is 0. The van der Waals surface area contributed by atoms with E-state index in [9.17, 15) is 4.79 Å². The van der Waals surface area contributed by atoms with Crippen molar-refractivity contribution in [3.05, 3.63) is 34.9 Å². The summed E-state index contributed by atoms with van der Waals surface area (Å²) >= 11 is 0. The fraction of sp³-hybridized carbons (Fsp3) is 0.417. The minimum atomic E-state index is -0.731. The maximum Gasteiger partial charge on any atom is 0.310 e. The van der Waals surface area contributed by atoms with Gasteiger partial charge in [0.1, 0.15) is 0 Å². The summed E-state index contributed by atoms with van der Waals surface area (Å²) in [6, 6.07) is 6.03. The van der Waals surface area contributed by atoms with Crippen LogP contribution in [-0.2, 0) is 17.6 Å². The summed E-state index contributed by atoms with van der Waals surface area (Å²) in [5, 5.41) is 8.97. The number of hydrogen-bond acceptors (Lipinski definition) is 1. The Morgan fingerprint density at radius 1 is 1.43 bits per heavy atom. The molecule has 2 nitrogen and oxygen atoms in total. The van der Waals surface area contributed by atoms with Crippen molar-refractivity contribution in [1.82, 2.24) is 0 Å². The van der Waals surface area contributed by atoms with E-state index in [4.69, 9.17) is 5.11 Å². The lowest BCUT2D eigenvalue weighted by molar-refractivity contribution is -0.138. The second kappa shape index (κ2) is 3.45. The normalized spacial score (nSPS) is 16.4. The number of benzene rings is 1. The van der Waals surface area contributed by atoms with Gasteiger partial charge in [0, 0.05) is 0 Å². The number of carboxylic acid groups (broad SMARTS) is 1. The molecule has 2 heteroatoms. The first-order valence-electron chi connectivity index (χ1n) is 5.03. The fourth-order valence-corrected chi connectivity index (χ4v) is 2.19. The minimum Gasteiger partial charge on any atom is -0.481 e. The molecule has 1 unspecified atom stereocenters. The van der Waals surface area contributed by atoms with Crippen molar-refractivity contribution in [3.8, 4) is 0 Å². The average Bonchev–Trinajstić information content (AvgIpc) is 2.63. The number of aryl methyl sites for hydroxylation is 1. The lowest BCUT2D eigenvalue weighted by Crippen LogP contribution is -2.09. The molecule has 0 aliphatic heterocycles. The number of carbonyl (C=O) groups is 1. The molecule has 1 aliphatic rings. The van der Waals surface area contributed by atoms with Gasteiger partial charge >= 0.3 is 5.97 Å². The SMILES string of the molecule is CC(C(=O)O)c1cccc2c1CCC2. The van der Waals surface area contributed by atoms with Crippen molar-refractivity contribution in [1.29, 1.82) is 0 Å². The molecule has 74 valence electrons. The van der Waals surface area contributed by atoms with Crippen LogP contribution in [0.5, 0.6) is 0 Å². The van der Waals surface area contributed by atoms with Gasteiger partial charge in [0.2, 0.25) is 0 Å². The van der Waals surface area contributed by atoms with Gasteiger partial charge in [0.25, 0.3) is 0 Å². The Hall–Kier alpha value is -1.31. The third kappa shape index (κ3) is 1.41. The van der Waals surface area contributed by atoms with Crippen LogP contribution in [0, 0.1) is 0 Å². The molecule has 0 saturated heterocycles. The Labute approximate surface area is 83.6 Å². The molecule has 1 aromatic rings. The van der Waals surface area contributed by atoms with Crippen molar-refractivity contribution < 1.29 is 9.90 Å². The zero-order valence-corrected chi connectivity index (χ0v) is 8.29. The van der Waals surface area contributed by atoms with Gasteiger partial charge in [0.05, 0.1) is 5.92 Å². The Kier molecular flexibility index (Phi) is 2.28.